The minimum atomic E-state index is -0.211. The van der Waals surface area contributed by atoms with Crippen LogP contribution in [0, 0.1) is 17.3 Å². The summed E-state index contributed by atoms with van der Waals surface area (Å²) < 4.78 is 16.2. The number of rotatable bonds is 1. The Labute approximate surface area is 116 Å². The lowest BCUT2D eigenvalue weighted by Gasteiger charge is -2.33. The summed E-state index contributed by atoms with van der Waals surface area (Å²) in [5.74, 6) is -0.211. The summed E-state index contributed by atoms with van der Waals surface area (Å²) in [6.07, 6.45) is 1.24. The molecule has 0 radical (unpaired) electrons. The van der Waals surface area contributed by atoms with Gasteiger partial charge in [-0.3, -0.25) is 5.32 Å². The van der Waals surface area contributed by atoms with Crippen molar-refractivity contribution in [2.45, 2.75) is 37.5 Å². The van der Waals surface area contributed by atoms with Gasteiger partial charge in [0.2, 0.25) is 0 Å². The Morgan fingerprint density at radius 2 is 2.11 bits per heavy atom. The first kappa shape index (κ1) is 15.6. The van der Waals surface area contributed by atoms with Gasteiger partial charge in [-0.25, -0.2) is 9.11 Å². The van der Waals surface area contributed by atoms with E-state index in [2.05, 4.69) is 41.9 Å². The quantitative estimate of drug-likeness (QED) is 0.358. The maximum absolute atomic E-state index is 13.0. The van der Waals surface area contributed by atoms with Crippen molar-refractivity contribution in [3.63, 3.8) is 0 Å². The van der Waals surface area contributed by atoms with Crippen LogP contribution in [-0.4, -0.2) is 11.8 Å². The highest BCUT2D eigenvalue weighted by Gasteiger charge is 2.21. The van der Waals surface area contributed by atoms with Gasteiger partial charge in [0.15, 0.2) is 6.19 Å². The van der Waals surface area contributed by atoms with Crippen LogP contribution in [0.4, 0.5) is 10.1 Å². The van der Waals surface area contributed by atoms with Crippen molar-refractivity contribution in [2.24, 2.45) is 5.73 Å². The molecule has 0 fully saturated rings. The van der Waals surface area contributed by atoms with Gasteiger partial charge in [-0.2, -0.15) is 5.26 Å². The summed E-state index contributed by atoms with van der Waals surface area (Å²) in [5.41, 5.74) is 5.12. The minimum Gasteiger partial charge on any atom is -0.356 e. The van der Waals surface area contributed by atoms with Gasteiger partial charge in [-0.05, 0) is 50.9 Å². The van der Waals surface area contributed by atoms with Gasteiger partial charge in [0.1, 0.15) is 12.1 Å². The van der Waals surface area contributed by atoms with Crippen LogP contribution >= 0.6 is 11.9 Å². The maximum atomic E-state index is 13.0. The number of benzene rings is 1. The molecule has 0 aliphatic carbocycles. The highest BCUT2D eigenvalue weighted by molar-refractivity contribution is 7.97. The van der Waals surface area contributed by atoms with Crippen LogP contribution in [0.5, 0.6) is 0 Å². The number of halogens is 1. The highest BCUT2D eigenvalue weighted by Crippen LogP contribution is 2.30. The lowest BCUT2D eigenvalue weighted by molar-refractivity contribution is 0.370. The first-order valence-electron chi connectivity index (χ1n) is 5.71. The minimum absolute atomic E-state index is 0.0111. The molecule has 0 saturated carbocycles. The average molecular weight is 283 g/mol. The van der Waals surface area contributed by atoms with Gasteiger partial charge < -0.3 is 11.1 Å². The van der Waals surface area contributed by atoms with Crippen molar-refractivity contribution in [2.75, 3.05) is 5.32 Å². The Balaban J connectivity index is 0.000000550. The van der Waals surface area contributed by atoms with Gasteiger partial charge in [-0.15, -0.1) is 0 Å². The van der Waals surface area contributed by atoms with Crippen LogP contribution in [0.25, 0.3) is 0 Å². The number of fused-ring (bicyclic) bond motifs is 1. The fraction of sp³-hybridized carbons (Fsp3) is 0.417. The third-order valence-corrected chi connectivity index (χ3v) is 3.02. The van der Waals surface area contributed by atoms with Crippen molar-refractivity contribution in [1.29, 1.82) is 5.26 Å². The molecular formula is C12H18FN5S. The molecule has 1 aromatic carbocycles. The van der Waals surface area contributed by atoms with Crippen LogP contribution in [-0.2, 0) is 0 Å². The molecule has 19 heavy (non-hydrogen) atoms. The summed E-state index contributed by atoms with van der Waals surface area (Å²) in [6.45, 7) is 6.30. The lowest BCUT2D eigenvalue weighted by atomic mass is 10.1. The van der Waals surface area contributed by atoms with E-state index >= 15 is 0 Å². The van der Waals surface area contributed by atoms with E-state index in [0.29, 0.717) is 0 Å². The van der Waals surface area contributed by atoms with Gasteiger partial charge in [-0.1, -0.05) is 0 Å². The average Bonchev–Trinajstić information content (AvgIpc) is 2.28. The number of hydrogen-bond acceptors (Lipinski definition) is 6. The molecule has 2 rings (SSSR count). The van der Waals surface area contributed by atoms with E-state index in [-0.39, 0.29) is 17.6 Å². The van der Waals surface area contributed by atoms with Crippen molar-refractivity contribution in [3.05, 3.63) is 24.0 Å². The molecule has 1 heterocycles. The summed E-state index contributed by atoms with van der Waals surface area (Å²) in [7, 11) is 0. The summed E-state index contributed by atoms with van der Waals surface area (Å²) in [6, 6.07) is 4.75. The fourth-order valence-electron chi connectivity index (χ4n) is 1.51. The predicted molar refractivity (Wildman–Crippen MR) is 75.5 cm³/mol. The summed E-state index contributed by atoms with van der Waals surface area (Å²) in [4.78, 5) is 0.881. The van der Waals surface area contributed by atoms with Gasteiger partial charge in [0.05, 0.1) is 5.69 Å². The Bertz CT molecular complexity index is 466. The summed E-state index contributed by atoms with van der Waals surface area (Å²) in [5, 5.41) is 13.7. The number of nitrogens with one attached hydrogen (secondary N) is 3. The van der Waals surface area contributed by atoms with E-state index in [4.69, 9.17) is 5.26 Å². The van der Waals surface area contributed by atoms with E-state index in [1.165, 1.54) is 30.3 Å². The highest BCUT2D eigenvalue weighted by atomic mass is 32.2. The van der Waals surface area contributed by atoms with E-state index in [0.717, 1.165) is 10.6 Å². The summed E-state index contributed by atoms with van der Waals surface area (Å²) >= 11 is 1.44. The monoisotopic (exact) mass is 283 g/mol. The third kappa shape index (κ3) is 5.34. The zero-order valence-corrected chi connectivity index (χ0v) is 11.9. The molecule has 0 amide bonds. The van der Waals surface area contributed by atoms with Crippen LogP contribution in [0.15, 0.2) is 23.1 Å². The zero-order valence-electron chi connectivity index (χ0n) is 11.1. The van der Waals surface area contributed by atoms with Gasteiger partial charge in [0, 0.05) is 10.4 Å². The maximum Gasteiger partial charge on any atom is 0.173 e. The molecule has 1 atom stereocenters. The van der Waals surface area contributed by atoms with Crippen molar-refractivity contribution in [1.82, 2.24) is 10.0 Å². The smallest absolute Gasteiger partial charge is 0.173 e. The van der Waals surface area contributed by atoms with Gasteiger partial charge in [0.25, 0.3) is 0 Å². The molecule has 1 aliphatic heterocycles. The molecule has 5 N–H and O–H groups in total. The van der Waals surface area contributed by atoms with Crippen molar-refractivity contribution < 1.29 is 4.39 Å². The largest absolute Gasteiger partial charge is 0.356 e. The lowest BCUT2D eigenvalue weighted by Crippen LogP contribution is -2.54. The molecule has 0 aromatic heterocycles. The molecule has 1 aliphatic rings. The normalized spacial score (nSPS) is 17.3. The van der Waals surface area contributed by atoms with Crippen LogP contribution in [0.3, 0.4) is 0 Å². The van der Waals surface area contributed by atoms with E-state index in [9.17, 15) is 4.39 Å². The molecular weight excluding hydrogens is 265 g/mol. The second-order valence-corrected chi connectivity index (χ2v) is 5.84. The first-order chi connectivity index (χ1) is 8.85. The standard InChI is InChI=1S/C11H16FN3S.CH2N2/c1-11(2,3)14-10-13-8-5-4-7(12)6-9(8)16-15-10;2-1-3/h4-6,10,13-15H,1-3H3;2H2. The predicted octanol–water partition coefficient (Wildman–Crippen LogP) is 1.95. The molecule has 0 saturated heterocycles. The van der Waals surface area contributed by atoms with Gasteiger partial charge >= 0.3 is 0 Å². The molecule has 1 aromatic rings. The van der Waals surface area contributed by atoms with Crippen molar-refractivity contribution in [3.8, 4) is 6.19 Å². The second kappa shape index (κ2) is 6.61. The molecule has 0 bridgehead atoms. The first-order valence-corrected chi connectivity index (χ1v) is 6.53. The number of nitrogens with two attached hydrogens (primary N) is 1. The fourth-order valence-corrected chi connectivity index (χ4v) is 2.28. The molecule has 7 heteroatoms. The second-order valence-electron chi connectivity index (χ2n) is 4.96. The van der Waals surface area contributed by atoms with Crippen LogP contribution in [0.2, 0.25) is 0 Å². The van der Waals surface area contributed by atoms with Crippen LogP contribution in [0.1, 0.15) is 20.8 Å². The number of nitrogens with zero attached hydrogens (tertiary/aromatic N) is 1. The van der Waals surface area contributed by atoms with E-state index in [1.807, 2.05) is 0 Å². The molecule has 5 nitrogen and oxygen atoms in total. The SMILES string of the molecule is CC(C)(C)NC1NSc2cc(F)ccc2N1.N#CN. The topological polar surface area (TPSA) is 85.9 Å². The Kier molecular flexibility index (Phi) is 5.42. The number of hydrogen-bond donors (Lipinski definition) is 4. The Morgan fingerprint density at radius 1 is 1.47 bits per heavy atom. The third-order valence-electron chi connectivity index (χ3n) is 2.11. The molecule has 0 spiro atoms. The molecule has 1 unspecified atom stereocenters. The molecule has 104 valence electrons. The number of nitriles is 1. The van der Waals surface area contributed by atoms with E-state index in [1.54, 1.807) is 6.07 Å². The Morgan fingerprint density at radius 3 is 2.68 bits per heavy atom. The van der Waals surface area contributed by atoms with E-state index < -0.39 is 0 Å². The van der Waals surface area contributed by atoms with Crippen molar-refractivity contribution >= 4 is 17.6 Å². The number of anilines is 1. The zero-order chi connectivity index (χ0) is 14.5. The van der Waals surface area contributed by atoms with Crippen LogP contribution < -0.4 is 21.1 Å². The Hall–Kier alpha value is -1.49.